The average Bonchev–Trinajstić information content (AvgIpc) is 2.38. The fourth-order valence-electron chi connectivity index (χ4n) is 1.25. The highest BCUT2D eigenvalue weighted by Crippen LogP contribution is 2.05. The highest BCUT2D eigenvalue weighted by Gasteiger charge is 2.16. The van der Waals surface area contributed by atoms with Crippen molar-refractivity contribution in [3.05, 3.63) is 35.4 Å². The number of ketones is 1. The van der Waals surface area contributed by atoms with Gasteiger partial charge in [-0.2, -0.15) is 0 Å². The molecule has 0 aliphatic heterocycles. The number of benzene rings is 1. The maximum absolute atomic E-state index is 11.6. The van der Waals surface area contributed by atoms with Crippen LogP contribution in [-0.4, -0.2) is 24.3 Å². The Morgan fingerprint density at radius 2 is 1.84 bits per heavy atom. The lowest BCUT2D eigenvalue weighted by atomic mass is 10.1. The van der Waals surface area contributed by atoms with Crippen molar-refractivity contribution in [2.45, 2.75) is 13.3 Å². The molecule has 0 bridgehead atoms. The highest BCUT2D eigenvalue weighted by atomic mass is 16.5. The van der Waals surface area contributed by atoms with Crippen LogP contribution >= 0.6 is 0 Å². The lowest BCUT2D eigenvalue weighted by Crippen LogP contribution is -2.17. The summed E-state index contributed by atoms with van der Waals surface area (Å²) in [6.45, 7) is 1.78. The van der Waals surface area contributed by atoms with Gasteiger partial charge < -0.3 is 10.5 Å². The third-order valence-electron chi connectivity index (χ3n) is 2.10. The zero-order chi connectivity index (χ0) is 14.3. The molecular weight excluding hydrogens is 246 g/mol. The molecule has 5 nitrogen and oxygen atoms in total. The first-order chi connectivity index (χ1) is 9.04. The van der Waals surface area contributed by atoms with Crippen molar-refractivity contribution in [2.24, 2.45) is 5.73 Å². The van der Waals surface area contributed by atoms with Crippen molar-refractivity contribution in [1.82, 2.24) is 0 Å². The third-order valence-corrected chi connectivity index (χ3v) is 2.10. The summed E-state index contributed by atoms with van der Waals surface area (Å²) in [7, 11) is 0. The Balaban J connectivity index is 2.75. The average molecular weight is 259 g/mol. The molecule has 2 N–H and O–H groups in total. The minimum atomic E-state index is -0.880. The second kappa shape index (κ2) is 6.97. The van der Waals surface area contributed by atoms with E-state index < -0.39 is 17.7 Å². The van der Waals surface area contributed by atoms with Gasteiger partial charge in [-0.3, -0.25) is 9.59 Å². The van der Waals surface area contributed by atoms with Gasteiger partial charge in [0, 0.05) is 11.1 Å². The molecule has 1 aromatic carbocycles. The van der Waals surface area contributed by atoms with Gasteiger partial charge in [0.05, 0.1) is 13.0 Å². The van der Waals surface area contributed by atoms with Gasteiger partial charge in [0.1, 0.15) is 0 Å². The first-order valence-electron chi connectivity index (χ1n) is 5.63. The van der Waals surface area contributed by atoms with Crippen molar-refractivity contribution < 1.29 is 19.1 Å². The highest BCUT2D eigenvalue weighted by molar-refractivity contribution is 6.40. The molecule has 0 spiro atoms. The number of ether oxygens (including phenoxy) is 1. The molecule has 98 valence electrons. The molecule has 0 unspecified atom stereocenters. The molecular formula is C14H13NO4. The summed E-state index contributed by atoms with van der Waals surface area (Å²) in [6, 6.07) is 6.13. The number of nitrogens with two attached hydrogens (primary N) is 1. The lowest BCUT2D eigenvalue weighted by Gasteiger charge is -2.00. The molecule has 0 radical (unpaired) electrons. The van der Waals surface area contributed by atoms with E-state index in [-0.39, 0.29) is 18.6 Å². The molecule has 5 heteroatoms. The minimum absolute atomic E-state index is 0.0243. The van der Waals surface area contributed by atoms with Crippen LogP contribution < -0.4 is 5.73 Å². The molecule has 0 aliphatic rings. The zero-order valence-electron chi connectivity index (χ0n) is 10.4. The van der Waals surface area contributed by atoms with Crippen LogP contribution in [0, 0.1) is 11.8 Å². The Hall–Kier alpha value is -2.61. The van der Waals surface area contributed by atoms with E-state index >= 15 is 0 Å². The van der Waals surface area contributed by atoms with Crippen LogP contribution in [0.5, 0.6) is 0 Å². The quantitative estimate of drug-likeness (QED) is 0.372. The van der Waals surface area contributed by atoms with Gasteiger partial charge in [0.2, 0.25) is 5.91 Å². The van der Waals surface area contributed by atoms with Gasteiger partial charge in [-0.15, -0.1) is 0 Å². The van der Waals surface area contributed by atoms with Crippen LogP contribution in [0.3, 0.4) is 0 Å². The summed E-state index contributed by atoms with van der Waals surface area (Å²) in [5.41, 5.74) is 5.81. The van der Waals surface area contributed by atoms with Crippen molar-refractivity contribution in [2.75, 3.05) is 6.61 Å². The fourth-order valence-corrected chi connectivity index (χ4v) is 1.25. The number of carbonyl (C=O) groups excluding carboxylic acids is 3. The number of esters is 1. The summed E-state index contributed by atoms with van der Waals surface area (Å²) in [5.74, 6) is 3.24. The van der Waals surface area contributed by atoms with Crippen molar-refractivity contribution in [3.8, 4) is 11.8 Å². The van der Waals surface area contributed by atoms with Crippen molar-refractivity contribution in [3.63, 3.8) is 0 Å². The Morgan fingerprint density at radius 1 is 1.21 bits per heavy atom. The number of amides is 1. The van der Waals surface area contributed by atoms with E-state index in [2.05, 4.69) is 16.6 Å². The molecule has 0 atom stereocenters. The number of Topliss-reactive ketones (excluding diaryl/α,β-unsaturated/α-hetero) is 1. The van der Waals surface area contributed by atoms with Crippen LogP contribution in [0.2, 0.25) is 0 Å². The molecule has 0 fully saturated rings. The van der Waals surface area contributed by atoms with Crippen LogP contribution in [0.4, 0.5) is 0 Å². The maximum atomic E-state index is 11.6. The third kappa shape index (κ3) is 4.64. The summed E-state index contributed by atoms with van der Waals surface area (Å²) < 4.78 is 4.61. The monoisotopic (exact) mass is 259 g/mol. The standard InChI is InChI=1S/C14H13NO4/c1-2-19-14(18)13(17)11-8-6-10(7-9-11)4-3-5-12(15)16/h6-9H,2,5H2,1H3,(H2,15,16). The predicted octanol–water partition coefficient (Wildman–Crippen LogP) is 0.659. The molecule has 19 heavy (non-hydrogen) atoms. The van der Waals surface area contributed by atoms with E-state index in [1.807, 2.05) is 0 Å². The molecule has 1 aromatic rings. The Bertz CT molecular complexity index is 549. The largest absolute Gasteiger partial charge is 0.460 e. The molecule has 0 saturated carbocycles. The van der Waals surface area contributed by atoms with Crippen LogP contribution in [-0.2, 0) is 14.3 Å². The zero-order valence-corrected chi connectivity index (χ0v) is 10.4. The van der Waals surface area contributed by atoms with E-state index in [1.54, 1.807) is 19.1 Å². The minimum Gasteiger partial charge on any atom is -0.460 e. The smallest absolute Gasteiger partial charge is 0.379 e. The van der Waals surface area contributed by atoms with Crippen molar-refractivity contribution in [1.29, 1.82) is 0 Å². The van der Waals surface area contributed by atoms with Gasteiger partial charge in [0.25, 0.3) is 5.78 Å². The summed E-state index contributed by atoms with van der Waals surface area (Å²) >= 11 is 0. The topological polar surface area (TPSA) is 86.5 Å². The number of hydrogen-bond donors (Lipinski definition) is 1. The van der Waals surface area contributed by atoms with Crippen LogP contribution in [0.15, 0.2) is 24.3 Å². The molecule has 1 rings (SSSR count). The fraction of sp³-hybridized carbons (Fsp3) is 0.214. The molecule has 0 saturated heterocycles. The van der Waals surface area contributed by atoms with Crippen LogP contribution in [0.1, 0.15) is 29.3 Å². The second-order valence-electron chi connectivity index (χ2n) is 3.57. The van der Waals surface area contributed by atoms with Gasteiger partial charge in [0.15, 0.2) is 0 Å². The van der Waals surface area contributed by atoms with E-state index in [4.69, 9.17) is 5.73 Å². The summed E-state index contributed by atoms with van der Waals surface area (Å²) in [5, 5.41) is 0. The SMILES string of the molecule is CCOC(=O)C(=O)c1ccc(C#CCC(N)=O)cc1. The van der Waals surface area contributed by atoms with Gasteiger partial charge in [-0.1, -0.05) is 11.8 Å². The number of carbonyl (C=O) groups is 3. The van der Waals surface area contributed by atoms with E-state index in [1.165, 1.54) is 12.1 Å². The van der Waals surface area contributed by atoms with Crippen molar-refractivity contribution >= 4 is 17.7 Å². The Morgan fingerprint density at radius 3 is 2.37 bits per heavy atom. The van der Waals surface area contributed by atoms with Gasteiger partial charge >= 0.3 is 5.97 Å². The first kappa shape index (κ1) is 14.5. The molecule has 0 heterocycles. The second-order valence-corrected chi connectivity index (χ2v) is 3.57. The van der Waals surface area contributed by atoms with E-state index in [0.717, 1.165) is 0 Å². The first-order valence-corrected chi connectivity index (χ1v) is 5.63. The van der Waals surface area contributed by atoms with E-state index in [9.17, 15) is 14.4 Å². The number of rotatable bonds is 4. The number of hydrogen-bond acceptors (Lipinski definition) is 4. The molecule has 0 aromatic heterocycles. The van der Waals surface area contributed by atoms with Gasteiger partial charge in [-0.25, -0.2) is 4.79 Å². The van der Waals surface area contributed by atoms with Gasteiger partial charge in [-0.05, 0) is 31.2 Å². The molecule has 0 aliphatic carbocycles. The Labute approximate surface area is 110 Å². The maximum Gasteiger partial charge on any atom is 0.379 e. The van der Waals surface area contributed by atoms with Crippen LogP contribution in [0.25, 0.3) is 0 Å². The summed E-state index contributed by atoms with van der Waals surface area (Å²) in [4.78, 5) is 33.3. The normalized spacial score (nSPS) is 9.11. The number of primary amides is 1. The summed E-state index contributed by atoms with van der Waals surface area (Å²) in [6.07, 6.45) is -0.0243. The Kier molecular flexibility index (Phi) is 5.30. The molecule has 1 amide bonds. The van der Waals surface area contributed by atoms with E-state index in [0.29, 0.717) is 5.56 Å². The predicted molar refractivity (Wildman–Crippen MR) is 68.1 cm³/mol. The lowest BCUT2D eigenvalue weighted by molar-refractivity contribution is -0.137.